The van der Waals surface area contributed by atoms with Gasteiger partial charge in [-0.05, 0) is 61.9 Å². The third-order valence-electron chi connectivity index (χ3n) is 4.56. The van der Waals surface area contributed by atoms with Crippen molar-refractivity contribution in [3.8, 4) is 17.5 Å². The van der Waals surface area contributed by atoms with Gasteiger partial charge in [0.05, 0.1) is 12.8 Å². The van der Waals surface area contributed by atoms with Crippen LogP contribution in [-0.2, 0) is 4.79 Å². The molecule has 146 valence electrons. The number of amides is 1. The fourth-order valence-corrected chi connectivity index (χ4v) is 3.37. The van der Waals surface area contributed by atoms with Gasteiger partial charge in [-0.3, -0.25) is 4.79 Å². The van der Waals surface area contributed by atoms with Crippen molar-refractivity contribution in [2.24, 2.45) is 0 Å². The van der Waals surface area contributed by atoms with Crippen molar-refractivity contribution in [2.75, 3.05) is 12.4 Å². The van der Waals surface area contributed by atoms with Crippen molar-refractivity contribution in [1.82, 2.24) is 4.57 Å². The lowest BCUT2D eigenvalue weighted by Gasteiger charge is -2.10. The Kier molecular flexibility index (Phi) is 6.06. The topological polar surface area (TPSA) is 67.0 Å². The third kappa shape index (κ3) is 4.34. The second kappa shape index (κ2) is 8.68. The summed E-state index contributed by atoms with van der Waals surface area (Å²) < 4.78 is 7.28. The van der Waals surface area contributed by atoms with Gasteiger partial charge in [0, 0.05) is 22.1 Å². The highest BCUT2D eigenvalue weighted by molar-refractivity contribution is 6.30. The first kappa shape index (κ1) is 20.2. The van der Waals surface area contributed by atoms with Gasteiger partial charge in [0.15, 0.2) is 0 Å². The molecule has 0 atom stereocenters. The predicted molar refractivity (Wildman–Crippen MR) is 115 cm³/mol. The molecular formula is C23H20ClN3O2. The molecule has 0 saturated heterocycles. The van der Waals surface area contributed by atoms with Gasteiger partial charge in [-0.1, -0.05) is 29.8 Å². The number of aryl methyl sites for hydroxylation is 1. The molecule has 0 saturated carbocycles. The number of rotatable bonds is 5. The van der Waals surface area contributed by atoms with E-state index in [9.17, 15) is 10.1 Å². The highest BCUT2D eigenvalue weighted by Crippen LogP contribution is 2.26. The van der Waals surface area contributed by atoms with Crippen LogP contribution in [0.2, 0.25) is 5.02 Å². The maximum atomic E-state index is 12.7. The van der Waals surface area contributed by atoms with Crippen molar-refractivity contribution in [3.05, 3.63) is 82.1 Å². The minimum atomic E-state index is -0.496. The van der Waals surface area contributed by atoms with E-state index in [1.54, 1.807) is 30.3 Å². The lowest BCUT2D eigenvalue weighted by Crippen LogP contribution is -2.14. The summed E-state index contributed by atoms with van der Waals surface area (Å²) in [5.41, 5.74) is 4.09. The molecule has 0 bridgehead atoms. The van der Waals surface area contributed by atoms with Gasteiger partial charge >= 0.3 is 0 Å². The summed E-state index contributed by atoms with van der Waals surface area (Å²) in [7, 11) is 1.52. The standard InChI is InChI=1S/C23H20ClN3O2/c1-15-11-17(16(2)27(15)20-8-6-7-19(24)13-20)12-18(14-25)23(28)26-21-9-4-5-10-22(21)29-3/h4-13H,1-3H3,(H,26,28)/b18-12+. The maximum Gasteiger partial charge on any atom is 0.266 e. The number of nitriles is 1. The van der Waals surface area contributed by atoms with E-state index in [0.29, 0.717) is 16.5 Å². The molecule has 0 aliphatic carbocycles. The van der Waals surface area contributed by atoms with Crippen LogP contribution >= 0.6 is 11.6 Å². The van der Waals surface area contributed by atoms with E-state index in [1.807, 2.05) is 54.8 Å². The van der Waals surface area contributed by atoms with Crippen molar-refractivity contribution in [3.63, 3.8) is 0 Å². The first-order valence-corrected chi connectivity index (χ1v) is 9.33. The van der Waals surface area contributed by atoms with Crippen molar-refractivity contribution >= 4 is 29.3 Å². The van der Waals surface area contributed by atoms with Gasteiger partial charge in [0.1, 0.15) is 17.4 Å². The lowest BCUT2D eigenvalue weighted by atomic mass is 10.1. The lowest BCUT2D eigenvalue weighted by molar-refractivity contribution is -0.112. The van der Waals surface area contributed by atoms with E-state index in [1.165, 1.54) is 7.11 Å². The normalized spacial score (nSPS) is 11.1. The molecule has 1 amide bonds. The van der Waals surface area contributed by atoms with Crippen LogP contribution in [0.3, 0.4) is 0 Å². The van der Waals surface area contributed by atoms with Crippen molar-refractivity contribution in [2.45, 2.75) is 13.8 Å². The minimum absolute atomic E-state index is 0.00208. The number of aromatic nitrogens is 1. The number of para-hydroxylation sites is 2. The highest BCUT2D eigenvalue weighted by Gasteiger charge is 2.15. The number of benzene rings is 2. The van der Waals surface area contributed by atoms with E-state index in [0.717, 1.165) is 22.6 Å². The zero-order chi connectivity index (χ0) is 21.0. The second-order valence-electron chi connectivity index (χ2n) is 6.47. The molecular weight excluding hydrogens is 386 g/mol. The number of hydrogen-bond acceptors (Lipinski definition) is 3. The number of hydrogen-bond donors (Lipinski definition) is 1. The van der Waals surface area contributed by atoms with Gasteiger partial charge in [-0.2, -0.15) is 5.26 Å². The summed E-state index contributed by atoms with van der Waals surface area (Å²) in [5.74, 6) is 0.0295. The molecule has 0 spiro atoms. The van der Waals surface area contributed by atoms with E-state index in [4.69, 9.17) is 16.3 Å². The number of anilines is 1. The number of methoxy groups -OCH3 is 1. The smallest absolute Gasteiger partial charge is 0.266 e. The van der Waals surface area contributed by atoms with Crippen LogP contribution in [0.1, 0.15) is 17.0 Å². The molecule has 3 aromatic rings. The fraction of sp³-hybridized carbons (Fsp3) is 0.130. The minimum Gasteiger partial charge on any atom is -0.495 e. The average Bonchev–Trinajstić information content (AvgIpc) is 2.99. The Morgan fingerprint density at radius 1 is 1.17 bits per heavy atom. The molecule has 0 aliphatic heterocycles. The molecule has 1 N–H and O–H groups in total. The SMILES string of the molecule is COc1ccccc1NC(=O)/C(C#N)=C/c1cc(C)n(-c2cccc(Cl)c2)c1C. The summed E-state index contributed by atoms with van der Waals surface area (Å²) in [6.07, 6.45) is 1.59. The van der Waals surface area contributed by atoms with Gasteiger partial charge in [0.25, 0.3) is 5.91 Å². The molecule has 3 rings (SSSR count). The van der Waals surface area contributed by atoms with Gasteiger partial charge < -0.3 is 14.6 Å². The van der Waals surface area contributed by atoms with Crippen LogP contribution in [0, 0.1) is 25.2 Å². The average molecular weight is 406 g/mol. The monoisotopic (exact) mass is 405 g/mol. The Balaban J connectivity index is 1.95. The summed E-state index contributed by atoms with van der Waals surface area (Å²) in [6, 6.07) is 18.5. The zero-order valence-electron chi connectivity index (χ0n) is 16.4. The van der Waals surface area contributed by atoms with E-state index >= 15 is 0 Å². The summed E-state index contributed by atoms with van der Waals surface area (Å²) in [4.78, 5) is 12.7. The highest BCUT2D eigenvalue weighted by atomic mass is 35.5. The van der Waals surface area contributed by atoms with Crippen LogP contribution in [0.4, 0.5) is 5.69 Å². The zero-order valence-corrected chi connectivity index (χ0v) is 17.1. The molecule has 2 aromatic carbocycles. The molecule has 1 aromatic heterocycles. The first-order valence-electron chi connectivity index (χ1n) is 8.95. The molecule has 1 heterocycles. The number of halogens is 1. The Bertz CT molecular complexity index is 1140. The maximum absolute atomic E-state index is 12.7. The molecule has 5 nitrogen and oxygen atoms in total. The van der Waals surface area contributed by atoms with Crippen LogP contribution in [0.15, 0.2) is 60.2 Å². The van der Waals surface area contributed by atoms with E-state index in [-0.39, 0.29) is 5.57 Å². The van der Waals surface area contributed by atoms with E-state index in [2.05, 4.69) is 5.32 Å². The third-order valence-corrected chi connectivity index (χ3v) is 4.79. The largest absolute Gasteiger partial charge is 0.495 e. The summed E-state index contributed by atoms with van der Waals surface area (Å²) in [5, 5.41) is 12.9. The van der Waals surface area contributed by atoms with Crippen molar-refractivity contribution < 1.29 is 9.53 Å². The van der Waals surface area contributed by atoms with Gasteiger partial charge in [-0.25, -0.2) is 0 Å². The molecule has 0 aliphatic rings. The summed E-state index contributed by atoms with van der Waals surface area (Å²) >= 11 is 6.12. The Morgan fingerprint density at radius 2 is 1.93 bits per heavy atom. The molecule has 0 radical (unpaired) electrons. The number of nitrogens with zero attached hydrogens (tertiary/aromatic N) is 2. The van der Waals surface area contributed by atoms with Crippen LogP contribution in [-0.4, -0.2) is 17.6 Å². The fourth-order valence-electron chi connectivity index (χ4n) is 3.19. The van der Waals surface area contributed by atoms with Gasteiger partial charge in [-0.15, -0.1) is 0 Å². The number of nitrogens with one attached hydrogen (secondary N) is 1. The number of carbonyl (C=O) groups excluding carboxylic acids is 1. The first-order chi connectivity index (χ1) is 13.9. The quantitative estimate of drug-likeness (QED) is 0.462. The van der Waals surface area contributed by atoms with Crippen LogP contribution in [0.5, 0.6) is 5.75 Å². The Labute approximate surface area is 174 Å². The van der Waals surface area contributed by atoms with Crippen molar-refractivity contribution in [1.29, 1.82) is 5.26 Å². The molecule has 0 unspecified atom stereocenters. The molecule has 0 fully saturated rings. The van der Waals surface area contributed by atoms with Crippen LogP contribution < -0.4 is 10.1 Å². The predicted octanol–water partition coefficient (Wildman–Crippen LogP) is 5.30. The second-order valence-corrected chi connectivity index (χ2v) is 6.90. The van der Waals surface area contributed by atoms with Gasteiger partial charge in [0.2, 0.25) is 0 Å². The Hall–Kier alpha value is -3.49. The number of ether oxygens (including phenoxy) is 1. The Morgan fingerprint density at radius 3 is 2.62 bits per heavy atom. The van der Waals surface area contributed by atoms with E-state index < -0.39 is 5.91 Å². The number of carbonyl (C=O) groups is 1. The molecule has 6 heteroatoms. The summed E-state index contributed by atoms with van der Waals surface area (Å²) in [6.45, 7) is 3.90. The molecule has 29 heavy (non-hydrogen) atoms. The van der Waals surface area contributed by atoms with Crippen LogP contribution in [0.25, 0.3) is 11.8 Å².